The van der Waals surface area contributed by atoms with Crippen LogP contribution in [0, 0.1) is 0 Å². The molecule has 0 saturated heterocycles. The summed E-state index contributed by atoms with van der Waals surface area (Å²) in [5.74, 6) is 0. The van der Waals surface area contributed by atoms with Gasteiger partial charge in [0.25, 0.3) is 0 Å². The number of para-hydroxylation sites is 1. The van der Waals surface area contributed by atoms with Crippen LogP contribution in [-0.4, -0.2) is 4.57 Å². The summed E-state index contributed by atoms with van der Waals surface area (Å²) < 4.78 is 3.46. The molecule has 0 aliphatic rings. The number of rotatable bonds is 6. The zero-order chi connectivity index (χ0) is 30.2. The van der Waals surface area contributed by atoms with Gasteiger partial charge in [-0.15, -0.1) is 0 Å². The first-order chi connectivity index (χ1) is 22.2. The standard InChI is InChI=1S/C42H29BrN2/c43-39-15-9-17-41-42(39)38-14-7-8-16-40(38)45(41)37-28-26-36(27-29-37)44(34-22-18-32(19-23-34)30-10-3-1-4-11-30)35-24-20-33(21-25-35)31-12-5-2-6-13-31/h1-29H. The molecule has 0 unspecified atom stereocenters. The fourth-order valence-corrected chi connectivity index (χ4v) is 6.89. The van der Waals surface area contributed by atoms with Gasteiger partial charge in [-0.1, -0.05) is 125 Å². The van der Waals surface area contributed by atoms with Crippen LogP contribution in [-0.2, 0) is 0 Å². The van der Waals surface area contributed by atoms with Gasteiger partial charge in [0.15, 0.2) is 0 Å². The van der Waals surface area contributed by atoms with Crippen LogP contribution < -0.4 is 4.90 Å². The van der Waals surface area contributed by atoms with E-state index in [1.165, 1.54) is 44.1 Å². The highest BCUT2D eigenvalue weighted by Gasteiger charge is 2.16. The molecule has 0 N–H and O–H groups in total. The minimum Gasteiger partial charge on any atom is -0.311 e. The highest BCUT2D eigenvalue weighted by molar-refractivity contribution is 9.10. The quantitative estimate of drug-likeness (QED) is 0.175. The van der Waals surface area contributed by atoms with Crippen LogP contribution in [0.3, 0.4) is 0 Å². The van der Waals surface area contributed by atoms with Gasteiger partial charge in [-0.3, -0.25) is 0 Å². The third-order valence-electron chi connectivity index (χ3n) is 8.48. The molecular formula is C42H29BrN2. The Morgan fingerprint density at radius 1 is 0.378 bits per heavy atom. The molecule has 0 fully saturated rings. The number of aromatic nitrogens is 1. The maximum atomic E-state index is 3.81. The van der Waals surface area contributed by atoms with E-state index in [9.17, 15) is 0 Å². The van der Waals surface area contributed by atoms with Crippen molar-refractivity contribution in [3.05, 3.63) is 180 Å². The third kappa shape index (κ3) is 5.02. The van der Waals surface area contributed by atoms with E-state index in [2.05, 4.69) is 201 Å². The molecule has 1 aromatic heterocycles. The second-order valence-corrected chi connectivity index (χ2v) is 12.0. The van der Waals surface area contributed by atoms with E-state index in [1.807, 2.05) is 0 Å². The smallest absolute Gasteiger partial charge is 0.0552 e. The van der Waals surface area contributed by atoms with E-state index in [0.29, 0.717) is 0 Å². The van der Waals surface area contributed by atoms with Gasteiger partial charge in [-0.2, -0.15) is 0 Å². The second kappa shape index (κ2) is 11.6. The molecule has 0 bridgehead atoms. The maximum Gasteiger partial charge on any atom is 0.0552 e. The van der Waals surface area contributed by atoms with Gasteiger partial charge >= 0.3 is 0 Å². The van der Waals surface area contributed by atoms with E-state index in [0.717, 1.165) is 27.2 Å². The van der Waals surface area contributed by atoms with Crippen LogP contribution in [0.25, 0.3) is 49.7 Å². The first kappa shape index (κ1) is 27.2. The Labute approximate surface area is 271 Å². The molecule has 0 saturated carbocycles. The van der Waals surface area contributed by atoms with Crippen LogP contribution in [0.15, 0.2) is 180 Å². The van der Waals surface area contributed by atoms with Crippen molar-refractivity contribution in [1.82, 2.24) is 4.57 Å². The van der Waals surface area contributed by atoms with Gasteiger partial charge in [0.1, 0.15) is 0 Å². The summed E-state index contributed by atoms with van der Waals surface area (Å²) in [5.41, 5.74) is 11.6. The second-order valence-electron chi connectivity index (χ2n) is 11.2. The number of anilines is 3. The van der Waals surface area contributed by atoms with Crippen molar-refractivity contribution in [3.8, 4) is 27.9 Å². The lowest BCUT2D eigenvalue weighted by atomic mass is 10.0. The normalized spacial score (nSPS) is 11.2. The highest BCUT2D eigenvalue weighted by Crippen LogP contribution is 2.39. The first-order valence-corrected chi connectivity index (χ1v) is 15.9. The van der Waals surface area contributed by atoms with Crippen LogP contribution in [0.2, 0.25) is 0 Å². The van der Waals surface area contributed by atoms with Crippen molar-refractivity contribution in [2.45, 2.75) is 0 Å². The highest BCUT2D eigenvalue weighted by atomic mass is 79.9. The molecule has 7 aromatic carbocycles. The molecule has 0 atom stereocenters. The Bertz CT molecular complexity index is 2150. The Balaban J connectivity index is 1.22. The van der Waals surface area contributed by atoms with Gasteiger partial charge in [0.2, 0.25) is 0 Å². The number of benzene rings is 7. The lowest BCUT2D eigenvalue weighted by Crippen LogP contribution is -2.10. The third-order valence-corrected chi connectivity index (χ3v) is 9.14. The summed E-state index contributed by atoms with van der Waals surface area (Å²) in [6.45, 7) is 0. The average Bonchev–Trinajstić information content (AvgIpc) is 3.46. The fourth-order valence-electron chi connectivity index (χ4n) is 6.32. The maximum absolute atomic E-state index is 3.81. The van der Waals surface area contributed by atoms with E-state index in [-0.39, 0.29) is 0 Å². The summed E-state index contributed by atoms with van der Waals surface area (Å²) in [7, 11) is 0. The van der Waals surface area contributed by atoms with Gasteiger partial charge < -0.3 is 9.47 Å². The monoisotopic (exact) mass is 640 g/mol. The Kier molecular flexibility index (Phi) is 7.01. The summed E-state index contributed by atoms with van der Waals surface area (Å²) >= 11 is 3.81. The molecular weight excluding hydrogens is 612 g/mol. The van der Waals surface area contributed by atoms with Gasteiger partial charge in [0, 0.05) is 38.0 Å². The van der Waals surface area contributed by atoms with Gasteiger partial charge in [-0.25, -0.2) is 0 Å². The Morgan fingerprint density at radius 2 is 0.822 bits per heavy atom. The van der Waals surface area contributed by atoms with E-state index in [1.54, 1.807) is 0 Å². The lowest BCUT2D eigenvalue weighted by Gasteiger charge is -2.26. The summed E-state index contributed by atoms with van der Waals surface area (Å²) in [6.07, 6.45) is 0. The van der Waals surface area contributed by atoms with E-state index >= 15 is 0 Å². The molecule has 1 heterocycles. The zero-order valence-corrected chi connectivity index (χ0v) is 26.1. The summed E-state index contributed by atoms with van der Waals surface area (Å²) in [6, 6.07) is 62.7. The number of hydrogen-bond acceptors (Lipinski definition) is 1. The predicted molar refractivity (Wildman–Crippen MR) is 194 cm³/mol. The number of halogens is 1. The minimum absolute atomic E-state index is 1.10. The van der Waals surface area contributed by atoms with Crippen molar-refractivity contribution in [2.24, 2.45) is 0 Å². The lowest BCUT2D eigenvalue weighted by molar-refractivity contribution is 1.17. The van der Waals surface area contributed by atoms with Gasteiger partial charge in [0.05, 0.1) is 11.0 Å². The summed E-state index contributed by atoms with van der Waals surface area (Å²) in [5, 5.41) is 2.47. The van der Waals surface area contributed by atoms with Crippen LogP contribution in [0.1, 0.15) is 0 Å². The molecule has 0 aliphatic heterocycles. The molecule has 214 valence electrons. The van der Waals surface area contributed by atoms with Crippen molar-refractivity contribution in [2.75, 3.05) is 4.90 Å². The summed E-state index contributed by atoms with van der Waals surface area (Å²) in [4.78, 5) is 2.33. The Morgan fingerprint density at radius 3 is 1.38 bits per heavy atom. The largest absolute Gasteiger partial charge is 0.311 e. The number of fused-ring (bicyclic) bond motifs is 3. The molecule has 8 aromatic rings. The van der Waals surface area contributed by atoms with Crippen LogP contribution in [0.4, 0.5) is 17.1 Å². The fraction of sp³-hybridized carbons (Fsp3) is 0. The van der Waals surface area contributed by atoms with Crippen LogP contribution >= 0.6 is 15.9 Å². The molecule has 2 nitrogen and oxygen atoms in total. The molecule has 8 rings (SSSR count). The van der Waals surface area contributed by atoms with Crippen molar-refractivity contribution < 1.29 is 0 Å². The molecule has 0 amide bonds. The van der Waals surface area contributed by atoms with Gasteiger partial charge in [-0.05, 0) is 89.0 Å². The van der Waals surface area contributed by atoms with Crippen molar-refractivity contribution >= 4 is 54.8 Å². The first-order valence-electron chi connectivity index (χ1n) is 15.1. The predicted octanol–water partition coefficient (Wildman–Crippen LogP) is 12.3. The van der Waals surface area contributed by atoms with Crippen LogP contribution in [0.5, 0.6) is 0 Å². The number of nitrogens with zero attached hydrogens (tertiary/aromatic N) is 2. The molecule has 0 radical (unpaired) electrons. The molecule has 0 aliphatic carbocycles. The topological polar surface area (TPSA) is 8.17 Å². The zero-order valence-electron chi connectivity index (χ0n) is 24.5. The number of hydrogen-bond donors (Lipinski definition) is 0. The molecule has 0 spiro atoms. The van der Waals surface area contributed by atoms with E-state index in [4.69, 9.17) is 0 Å². The minimum atomic E-state index is 1.10. The molecule has 45 heavy (non-hydrogen) atoms. The van der Waals surface area contributed by atoms with Crippen molar-refractivity contribution in [3.63, 3.8) is 0 Å². The van der Waals surface area contributed by atoms with E-state index < -0.39 is 0 Å². The SMILES string of the molecule is Brc1cccc2c1c1ccccc1n2-c1ccc(N(c2ccc(-c3ccccc3)cc2)c2ccc(-c3ccccc3)cc2)cc1. The average molecular weight is 642 g/mol. The van der Waals surface area contributed by atoms with Crippen molar-refractivity contribution in [1.29, 1.82) is 0 Å². The molecule has 3 heteroatoms. The Hall–Kier alpha value is -5.38.